The van der Waals surface area contributed by atoms with Crippen LogP contribution in [0.1, 0.15) is 36.0 Å². The molecule has 1 aliphatic rings. The number of rotatable bonds is 8. The predicted molar refractivity (Wildman–Crippen MR) is 131 cm³/mol. The standard InChI is InChI=1S/C29H32N2O2/c32-27(17-16-24-10-4-1-5-11-24)31-20-18-29(19-21-31,22-25-12-6-2-7-13-25)28(33)30-23-26-14-8-3-9-15-26/h1-15H,16-23H2,(H,30,33). The van der Waals surface area contributed by atoms with E-state index in [4.69, 9.17) is 0 Å². The van der Waals surface area contributed by atoms with Crippen LogP contribution in [0.3, 0.4) is 0 Å². The van der Waals surface area contributed by atoms with Crippen LogP contribution in [0.5, 0.6) is 0 Å². The van der Waals surface area contributed by atoms with E-state index in [2.05, 4.69) is 29.6 Å². The number of hydrogen-bond donors (Lipinski definition) is 1. The molecule has 1 fully saturated rings. The number of amides is 2. The molecule has 4 rings (SSSR count). The summed E-state index contributed by atoms with van der Waals surface area (Å²) in [6.45, 7) is 1.77. The van der Waals surface area contributed by atoms with Crippen molar-refractivity contribution in [2.45, 2.75) is 38.6 Å². The van der Waals surface area contributed by atoms with Gasteiger partial charge in [-0.3, -0.25) is 9.59 Å². The molecule has 4 heteroatoms. The highest BCUT2D eigenvalue weighted by molar-refractivity contribution is 5.84. The first-order chi connectivity index (χ1) is 16.1. The molecule has 1 saturated heterocycles. The molecule has 0 aromatic heterocycles. The van der Waals surface area contributed by atoms with Crippen LogP contribution >= 0.6 is 0 Å². The third-order valence-corrected chi connectivity index (χ3v) is 6.71. The molecule has 0 bridgehead atoms. The highest BCUT2D eigenvalue weighted by Gasteiger charge is 2.42. The molecule has 0 aliphatic carbocycles. The minimum atomic E-state index is -0.494. The molecule has 2 amide bonds. The molecule has 3 aromatic rings. The van der Waals surface area contributed by atoms with E-state index in [9.17, 15) is 9.59 Å². The number of aryl methyl sites for hydroxylation is 1. The first-order valence-corrected chi connectivity index (χ1v) is 11.8. The number of carbonyl (C=O) groups is 2. The lowest BCUT2D eigenvalue weighted by atomic mass is 9.72. The number of carbonyl (C=O) groups excluding carboxylic acids is 2. The number of hydrogen-bond acceptors (Lipinski definition) is 2. The van der Waals surface area contributed by atoms with Crippen LogP contribution in [0.25, 0.3) is 0 Å². The van der Waals surface area contributed by atoms with E-state index in [1.54, 1.807) is 0 Å². The number of benzene rings is 3. The number of nitrogens with one attached hydrogen (secondary N) is 1. The number of piperidine rings is 1. The Morgan fingerprint density at radius 2 is 1.24 bits per heavy atom. The second-order valence-electron chi connectivity index (χ2n) is 8.98. The van der Waals surface area contributed by atoms with Gasteiger partial charge in [-0.05, 0) is 42.4 Å². The summed E-state index contributed by atoms with van der Waals surface area (Å²) in [5, 5.41) is 3.18. The summed E-state index contributed by atoms with van der Waals surface area (Å²) in [7, 11) is 0. The first kappa shape index (κ1) is 22.8. The Kier molecular flexibility index (Phi) is 7.56. The molecule has 1 heterocycles. The molecule has 3 aromatic carbocycles. The normalized spacial score (nSPS) is 15.1. The zero-order valence-corrected chi connectivity index (χ0v) is 19.1. The smallest absolute Gasteiger partial charge is 0.226 e. The van der Waals surface area contributed by atoms with E-state index in [0.717, 1.165) is 17.5 Å². The Balaban J connectivity index is 1.40. The molecule has 0 atom stereocenters. The third kappa shape index (κ3) is 6.10. The Labute approximate surface area is 196 Å². The Morgan fingerprint density at radius 1 is 0.727 bits per heavy atom. The summed E-state index contributed by atoms with van der Waals surface area (Å²) >= 11 is 0. The summed E-state index contributed by atoms with van der Waals surface area (Å²) in [6.07, 6.45) is 3.32. The average molecular weight is 441 g/mol. The minimum Gasteiger partial charge on any atom is -0.352 e. The molecule has 0 saturated carbocycles. The van der Waals surface area contributed by atoms with Gasteiger partial charge in [0.1, 0.15) is 0 Å². The largest absolute Gasteiger partial charge is 0.352 e. The van der Waals surface area contributed by atoms with Gasteiger partial charge in [-0.1, -0.05) is 91.0 Å². The molecule has 33 heavy (non-hydrogen) atoms. The van der Waals surface area contributed by atoms with Crippen molar-refractivity contribution in [3.8, 4) is 0 Å². The van der Waals surface area contributed by atoms with Crippen LogP contribution < -0.4 is 5.32 Å². The lowest BCUT2D eigenvalue weighted by Gasteiger charge is -2.41. The van der Waals surface area contributed by atoms with Crippen molar-refractivity contribution in [2.24, 2.45) is 5.41 Å². The fraction of sp³-hybridized carbons (Fsp3) is 0.310. The van der Waals surface area contributed by atoms with Gasteiger partial charge in [0.05, 0.1) is 5.41 Å². The van der Waals surface area contributed by atoms with Gasteiger partial charge < -0.3 is 10.2 Å². The maximum absolute atomic E-state index is 13.5. The Morgan fingerprint density at radius 3 is 1.82 bits per heavy atom. The molecule has 0 unspecified atom stereocenters. The van der Waals surface area contributed by atoms with Crippen molar-refractivity contribution in [1.29, 1.82) is 0 Å². The van der Waals surface area contributed by atoms with E-state index < -0.39 is 5.41 Å². The lowest BCUT2D eigenvalue weighted by Crippen LogP contribution is -2.51. The topological polar surface area (TPSA) is 49.4 Å². The van der Waals surface area contributed by atoms with Crippen molar-refractivity contribution < 1.29 is 9.59 Å². The van der Waals surface area contributed by atoms with Crippen molar-refractivity contribution in [3.63, 3.8) is 0 Å². The second kappa shape index (κ2) is 11.0. The van der Waals surface area contributed by atoms with Gasteiger partial charge in [-0.25, -0.2) is 0 Å². The highest BCUT2D eigenvalue weighted by atomic mass is 16.2. The SMILES string of the molecule is O=C(CCc1ccccc1)N1CCC(Cc2ccccc2)(C(=O)NCc2ccccc2)CC1. The molecule has 0 radical (unpaired) electrons. The molecule has 170 valence electrons. The van der Waals surface area contributed by atoms with E-state index in [0.29, 0.717) is 45.3 Å². The van der Waals surface area contributed by atoms with Gasteiger partial charge in [-0.2, -0.15) is 0 Å². The van der Waals surface area contributed by atoms with Gasteiger partial charge in [0.25, 0.3) is 0 Å². The minimum absolute atomic E-state index is 0.0894. The second-order valence-corrected chi connectivity index (χ2v) is 8.98. The van der Waals surface area contributed by atoms with Crippen molar-refractivity contribution in [3.05, 3.63) is 108 Å². The molecule has 4 nitrogen and oxygen atoms in total. The fourth-order valence-corrected chi connectivity index (χ4v) is 4.67. The van der Waals surface area contributed by atoms with E-state index in [1.807, 2.05) is 71.6 Å². The quantitative estimate of drug-likeness (QED) is 0.548. The molecule has 1 N–H and O–H groups in total. The number of nitrogens with zero attached hydrogens (tertiary/aromatic N) is 1. The van der Waals surface area contributed by atoms with Gasteiger partial charge in [0.2, 0.25) is 11.8 Å². The van der Waals surface area contributed by atoms with Crippen molar-refractivity contribution in [2.75, 3.05) is 13.1 Å². The fourth-order valence-electron chi connectivity index (χ4n) is 4.67. The summed E-state index contributed by atoms with van der Waals surface area (Å²) in [5.41, 5.74) is 2.94. The Hall–Kier alpha value is -3.40. The predicted octanol–water partition coefficient (Wildman–Crippen LogP) is 4.79. The zero-order valence-electron chi connectivity index (χ0n) is 19.1. The van der Waals surface area contributed by atoms with Gasteiger partial charge in [-0.15, -0.1) is 0 Å². The van der Waals surface area contributed by atoms with Gasteiger partial charge >= 0.3 is 0 Å². The zero-order chi connectivity index (χ0) is 22.9. The molecule has 1 aliphatic heterocycles. The summed E-state index contributed by atoms with van der Waals surface area (Å²) in [4.78, 5) is 28.3. The van der Waals surface area contributed by atoms with Crippen LogP contribution in [0.4, 0.5) is 0 Å². The van der Waals surface area contributed by atoms with Gasteiger partial charge in [0.15, 0.2) is 0 Å². The van der Waals surface area contributed by atoms with Crippen LogP contribution in [0, 0.1) is 5.41 Å². The van der Waals surface area contributed by atoms with E-state index in [-0.39, 0.29) is 11.8 Å². The monoisotopic (exact) mass is 440 g/mol. The van der Waals surface area contributed by atoms with Crippen molar-refractivity contribution in [1.82, 2.24) is 10.2 Å². The third-order valence-electron chi connectivity index (χ3n) is 6.71. The summed E-state index contributed by atoms with van der Waals surface area (Å²) < 4.78 is 0. The maximum Gasteiger partial charge on any atom is 0.226 e. The summed E-state index contributed by atoms with van der Waals surface area (Å²) in [5.74, 6) is 0.267. The van der Waals surface area contributed by atoms with Gasteiger partial charge in [0, 0.05) is 26.1 Å². The van der Waals surface area contributed by atoms with Crippen LogP contribution in [-0.2, 0) is 29.0 Å². The lowest BCUT2D eigenvalue weighted by molar-refractivity contribution is -0.140. The van der Waals surface area contributed by atoms with E-state index >= 15 is 0 Å². The van der Waals surface area contributed by atoms with E-state index in [1.165, 1.54) is 5.56 Å². The van der Waals surface area contributed by atoms with Crippen LogP contribution in [-0.4, -0.2) is 29.8 Å². The van der Waals surface area contributed by atoms with Crippen LogP contribution in [0.15, 0.2) is 91.0 Å². The number of likely N-dealkylation sites (tertiary alicyclic amines) is 1. The molecular weight excluding hydrogens is 408 g/mol. The average Bonchev–Trinajstić information content (AvgIpc) is 2.88. The highest BCUT2D eigenvalue weighted by Crippen LogP contribution is 2.36. The molecular formula is C29H32N2O2. The first-order valence-electron chi connectivity index (χ1n) is 11.8. The maximum atomic E-state index is 13.5. The molecule has 0 spiro atoms. The van der Waals surface area contributed by atoms with Crippen LogP contribution in [0.2, 0.25) is 0 Å². The van der Waals surface area contributed by atoms with Crippen molar-refractivity contribution >= 4 is 11.8 Å². The Bertz CT molecular complexity index is 1030. The summed E-state index contributed by atoms with van der Waals surface area (Å²) in [6, 6.07) is 30.3.